The highest BCUT2D eigenvalue weighted by Crippen LogP contribution is 2.42. The fourth-order valence-electron chi connectivity index (χ4n) is 2.25. The Morgan fingerprint density at radius 3 is 2.05 bits per heavy atom. The van der Waals surface area contributed by atoms with Gasteiger partial charge in [0.15, 0.2) is 0 Å². The predicted octanol–water partition coefficient (Wildman–Crippen LogP) is 2.71. The number of nitrogens with zero attached hydrogens (tertiary/aromatic N) is 1. The van der Waals surface area contributed by atoms with Crippen LogP contribution in [0.2, 0.25) is 0 Å². The number of hydrogen-bond acceptors (Lipinski definition) is 5. The van der Waals surface area contributed by atoms with E-state index in [1.54, 1.807) is 11.8 Å². The Balaban J connectivity index is 3.35. The molecule has 0 aromatic heterocycles. The number of aliphatic hydroxyl groups is 2. The van der Waals surface area contributed by atoms with Crippen molar-refractivity contribution in [3.8, 4) is 0 Å². The molecule has 1 atom stereocenters. The Morgan fingerprint density at radius 1 is 1.26 bits per heavy atom. The van der Waals surface area contributed by atoms with E-state index in [1.165, 1.54) is 0 Å². The molecule has 0 saturated carbocycles. The Kier molecular flexibility index (Phi) is 6.05. The summed E-state index contributed by atoms with van der Waals surface area (Å²) in [4.78, 5) is 2.04. The molecule has 0 saturated heterocycles. The van der Waals surface area contributed by atoms with E-state index in [9.17, 15) is 10.2 Å². The minimum atomic E-state index is -0.394. The van der Waals surface area contributed by atoms with E-state index in [-0.39, 0.29) is 13.2 Å². The zero-order valence-electron chi connectivity index (χ0n) is 11.9. The highest BCUT2D eigenvalue weighted by molar-refractivity contribution is 8.11. The first kappa shape index (κ1) is 16.7. The lowest BCUT2D eigenvalue weighted by molar-refractivity contribution is 0.275. The van der Waals surface area contributed by atoms with Crippen LogP contribution in [-0.4, -0.2) is 27.7 Å². The van der Waals surface area contributed by atoms with Crippen molar-refractivity contribution in [1.82, 2.24) is 0 Å². The molecule has 5 heteroatoms. The number of rotatable bonds is 6. The second kappa shape index (κ2) is 6.88. The maximum absolute atomic E-state index is 9.52. The van der Waals surface area contributed by atoms with Crippen molar-refractivity contribution in [3.05, 3.63) is 29.3 Å². The van der Waals surface area contributed by atoms with Gasteiger partial charge in [0.2, 0.25) is 0 Å². The largest absolute Gasteiger partial charge is 0.392 e. The Labute approximate surface area is 125 Å². The van der Waals surface area contributed by atoms with E-state index < -0.39 is 4.20 Å². The number of benzene rings is 1. The SMILES string of the molecule is CSC(S)(C(C)C)N(C)c1c(CO)cccc1CO. The molecule has 0 radical (unpaired) electrons. The molecule has 1 aromatic rings. The Hall–Kier alpha value is -0.360. The average molecular weight is 301 g/mol. The number of para-hydroxylation sites is 1. The van der Waals surface area contributed by atoms with Crippen LogP contribution in [0, 0.1) is 5.92 Å². The normalized spacial score (nSPS) is 14.5. The molecular weight excluding hydrogens is 278 g/mol. The molecule has 1 unspecified atom stereocenters. The molecule has 0 fully saturated rings. The molecular formula is C14H23NO2S2. The maximum Gasteiger partial charge on any atom is 0.132 e. The van der Waals surface area contributed by atoms with Crippen LogP contribution < -0.4 is 4.90 Å². The van der Waals surface area contributed by atoms with Crippen LogP contribution in [0.15, 0.2) is 18.2 Å². The molecule has 1 rings (SSSR count). The second-order valence-electron chi connectivity index (χ2n) is 4.82. The third kappa shape index (κ3) is 3.21. The fraction of sp³-hybridized carbons (Fsp3) is 0.571. The van der Waals surface area contributed by atoms with Crippen LogP contribution in [0.25, 0.3) is 0 Å². The monoisotopic (exact) mass is 301 g/mol. The summed E-state index contributed by atoms with van der Waals surface area (Å²) in [6, 6.07) is 5.60. The summed E-state index contributed by atoms with van der Waals surface area (Å²) >= 11 is 6.47. The van der Waals surface area contributed by atoms with Crippen LogP contribution in [0.4, 0.5) is 5.69 Å². The van der Waals surface area contributed by atoms with Crippen molar-refractivity contribution in [3.63, 3.8) is 0 Å². The molecule has 0 spiro atoms. The van der Waals surface area contributed by atoms with E-state index in [1.807, 2.05) is 36.4 Å². The molecule has 19 heavy (non-hydrogen) atoms. The van der Waals surface area contributed by atoms with Gasteiger partial charge in [0.25, 0.3) is 0 Å². The molecule has 0 heterocycles. The third-order valence-electron chi connectivity index (χ3n) is 3.41. The van der Waals surface area contributed by atoms with Gasteiger partial charge in [0.1, 0.15) is 4.20 Å². The van der Waals surface area contributed by atoms with Crippen molar-refractivity contribution < 1.29 is 10.2 Å². The van der Waals surface area contributed by atoms with Gasteiger partial charge in [-0.05, 0) is 12.2 Å². The number of anilines is 1. The van der Waals surface area contributed by atoms with Crippen LogP contribution in [0.5, 0.6) is 0 Å². The van der Waals surface area contributed by atoms with E-state index >= 15 is 0 Å². The van der Waals surface area contributed by atoms with Crippen molar-refractivity contribution in [2.75, 3.05) is 18.2 Å². The van der Waals surface area contributed by atoms with Crippen LogP contribution in [-0.2, 0) is 13.2 Å². The highest BCUT2D eigenvalue weighted by atomic mass is 32.2. The summed E-state index contributed by atoms with van der Waals surface area (Å²) in [7, 11) is 1.96. The molecule has 0 bridgehead atoms. The molecule has 0 aliphatic carbocycles. The Morgan fingerprint density at radius 2 is 1.74 bits per heavy atom. The van der Waals surface area contributed by atoms with E-state index in [4.69, 9.17) is 12.6 Å². The van der Waals surface area contributed by atoms with Gasteiger partial charge < -0.3 is 15.1 Å². The average Bonchev–Trinajstić information content (AvgIpc) is 2.44. The second-order valence-corrected chi connectivity index (χ2v) is 6.83. The number of hydrogen-bond donors (Lipinski definition) is 3. The number of thiol groups is 1. The molecule has 0 amide bonds. The molecule has 2 N–H and O–H groups in total. The summed E-state index contributed by atoms with van der Waals surface area (Å²) in [5.41, 5.74) is 2.48. The zero-order valence-corrected chi connectivity index (χ0v) is 13.6. The number of thioether (sulfide) groups is 1. The minimum absolute atomic E-state index is 0.0517. The fourth-order valence-corrected chi connectivity index (χ4v) is 3.19. The van der Waals surface area contributed by atoms with Crippen molar-refractivity contribution in [2.45, 2.75) is 31.3 Å². The number of aliphatic hydroxyl groups excluding tert-OH is 2. The third-order valence-corrected chi connectivity index (χ3v) is 6.12. The quantitative estimate of drug-likeness (QED) is 0.558. The van der Waals surface area contributed by atoms with Crippen molar-refractivity contribution >= 4 is 30.1 Å². The van der Waals surface area contributed by atoms with E-state index in [2.05, 4.69) is 13.8 Å². The van der Waals surface area contributed by atoms with Crippen LogP contribution in [0.1, 0.15) is 25.0 Å². The predicted molar refractivity (Wildman–Crippen MR) is 86.8 cm³/mol. The van der Waals surface area contributed by atoms with Gasteiger partial charge in [0, 0.05) is 23.9 Å². The minimum Gasteiger partial charge on any atom is -0.392 e. The summed E-state index contributed by atoms with van der Waals surface area (Å²) in [6.07, 6.45) is 2.02. The summed E-state index contributed by atoms with van der Waals surface area (Å²) < 4.78 is -0.394. The first-order chi connectivity index (χ1) is 8.92. The van der Waals surface area contributed by atoms with Gasteiger partial charge in [-0.25, -0.2) is 0 Å². The lowest BCUT2D eigenvalue weighted by Gasteiger charge is -2.42. The van der Waals surface area contributed by atoms with Crippen LogP contribution in [0.3, 0.4) is 0 Å². The zero-order chi connectivity index (χ0) is 14.6. The highest BCUT2D eigenvalue weighted by Gasteiger charge is 2.35. The molecule has 0 aliphatic rings. The summed E-state index contributed by atoms with van der Waals surface area (Å²) in [5.74, 6) is 0.300. The van der Waals surface area contributed by atoms with E-state index in [0.29, 0.717) is 5.92 Å². The topological polar surface area (TPSA) is 43.7 Å². The van der Waals surface area contributed by atoms with Gasteiger partial charge in [-0.15, -0.1) is 24.4 Å². The smallest absolute Gasteiger partial charge is 0.132 e. The first-order valence-corrected chi connectivity index (χ1v) is 7.93. The molecule has 1 aromatic carbocycles. The standard InChI is InChI=1S/C14H23NO2S2/c1-10(2)14(18,19-4)15(3)13-11(8-16)6-5-7-12(13)9-17/h5-7,10,16-18H,8-9H2,1-4H3. The first-order valence-electron chi connectivity index (χ1n) is 6.26. The van der Waals surface area contributed by atoms with Crippen molar-refractivity contribution in [1.29, 1.82) is 0 Å². The Bertz CT molecular complexity index is 404. The van der Waals surface area contributed by atoms with E-state index in [0.717, 1.165) is 16.8 Å². The van der Waals surface area contributed by atoms with Gasteiger partial charge in [-0.2, -0.15) is 0 Å². The summed E-state index contributed by atoms with van der Waals surface area (Å²) in [6.45, 7) is 4.12. The molecule has 108 valence electrons. The maximum atomic E-state index is 9.52. The lowest BCUT2D eigenvalue weighted by atomic mass is 10.1. The van der Waals surface area contributed by atoms with Gasteiger partial charge >= 0.3 is 0 Å². The van der Waals surface area contributed by atoms with Gasteiger partial charge in [-0.3, -0.25) is 0 Å². The van der Waals surface area contributed by atoms with Gasteiger partial charge in [-0.1, -0.05) is 32.0 Å². The summed E-state index contributed by atoms with van der Waals surface area (Å²) in [5, 5.41) is 19.0. The lowest BCUT2D eigenvalue weighted by Crippen LogP contribution is -2.44. The van der Waals surface area contributed by atoms with Gasteiger partial charge in [0.05, 0.1) is 13.2 Å². The van der Waals surface area contributed by atoms with Crippen molar-refractivity contribution in [2.24, 2.45) is 5.92 Å². The molecule has 0 aliphatic heterocycles. The van der Waals surface area contributed by atoms with Crippen LogP contribution >= 0.6 is 24.4 Å². The molecule has 3 nitrogen and oxygen atoms in total.